The molecule has 1 aromatic heterocycles. The minimum atomic E-state index is 0.564. The maximum atomic E-state index is 5.60. The molecule has 0 saturated heterocycles. The molecule has 0 unspecified atom stereocenters. The molecular weight excluding hydrogens is 162 g/mol. The molecule has 0 amide bonds. The predicted molar refractivity (Wildman–Crippen MR) is 54.4 cm³/mol. The van der Waals surface area contributed by atoms with Gasteiger partial charge in [-0.25, -0.2) is 4.98 Å². The number of aromatic amines is 1. The van der Waals surface area contributed by atoms with Crippen molar-refractivity contribution in [3.05, 3.63) is 17.2 Å². The molecule has 1 rings (SSSR count). The number of aromatic nitrogens is 2. The van der Waals surface area contributed by atoms with Gasteiger partial charge in [-0.05, 0) is 25.7 Å². The summed E-state index contributed by atoms with van der Waals surface area (Å²) in [5.41, 5.74) is 7.84. The first-order valence-corrected chi connectivity index (χ1v) is 4.88. The fourth-order valence-corrected chi connectivity index (χ4v) is 1.39. The Morgan fingerprint density at radius 2 is 2.15 bits per heavy atom. The molecule has 3 heteroatoms. The predicted octanol–water partition coefficient (Wildman–Crippen LogP) is 1.77. The number of nitrogens with one attached hydrogen (secondary N) is 1. The van der Waals surface area contributed by atoms with Gasteiger partial charge in [-0.1, -0.05) is 13.8 Å². The zero-order chi connectivity index (χ0) is 9.84. The van der Waals surface area contributed by atoms with E-state index < -0.39 is 0 Å². The highest BCUT2D eigenvalue weighted by atomic mass is 14.9. The second-order valence-electron chi connectivity index (χ2n) is 3.88. The van der Waals surface area contributed by atoms with Gasteiger partial charge in [-0.2, -0.15) is 0 Å². The molecule has 13 heavy (non-hydrogen) atoms. The van der Waals surface area contributed by atoms with E-state index in [1.165, 1.54) is 6.42 Å². The van der Waals surface area contributed by atoms with E-state index in [0.29, 0.717) is 6.54 Å². The number of aryl methyl sites for hydroxylation is 2. The number of nitrogens with two attached hydrogens (primary N) is 1. The van der Waals surface area contributed by atoms with Crippen LogP contribution in [0.15, 0.2) is 0 Å². The molecule has 1 heterocycles. The van der Waals surface area contributed by atoms with Crippen LogP contribution in [-0.2, 0) is 13.0 Å². The smallest absolute Gasteiger partial charge is 0.103 e. The molecule has 0 aliphatic carbocycles. The molecule has 1 aromatic rings. The minimum absolute atomic E-state index is 0.564. The molecule has 0 bridgehead atoms. The Hall–Kier alpha value is -0.830. The van der Waals surface area contributed by atoms with Crippen LogP contribution in [0.2, 0.25) is 0 Å². The highest BCUT2D eigenvalue weighted by molar-refractivity contribution is 5.14. The van der Waals surface area contributed by atoms with Crippen molar-refractivity contribution in [3.8, 4) is 0 Å². The summed E-state index contributed by atoms with van der Waals surface area (Å²) in [6.07, 6.45) is 2.21. The molecule has 0 fully saturated rings. The standard InChI is InChI=1S/C10H19N3/c1-7(2)4-5-9-10(6-11)13-8(3)12-9/h7H,4-6,11H2,1-3H3,(H,12,13). The average Bonchev–Trinajstić information content (AvgIpc) is 2.42. The van der Waals surface area contributed by atoms with Gasteiger partial charge in [-0.15, -0.1) is 0 Å². The molecule has 0 aromatic carbocycles. The lowest BCUT2D eigenvalue weighted by atomic mass is 10.1. The van der Waals surface area contributed by atoms with E-state index in [1.807, 2.05) is 6.92 Å². The summed E-state index contributed by atoms with van der Waals surface area (Å²) in [6.45, 7) is 6.98. The Kier molecular flexibility index (Phi) is 3.48. The first-order valence-electron chi connectivity index (χ1n) is 4.88. The Morgan fingerprint density at radius 1 is 1.46 bits per heavy atom. The van der Waals surface area contributed by atoms with Gasteiger partial charge in [0.05, 0.1) is 11.4 Å². The molecule has 0 radical (unpaired) electrons. The first-order chi connectivity index (χ1) is 6.13. The third-order valence-electron chi connectivity index (χ3n) is 2.15. The van der Waals surface area contributed by atoms with Crippen LogP contribution in [0, 0.1) is 12.8 Å². The van der Waals surface area contributed by atoms with Crippen molar-refractivity contribution in [2.24, 2.45) is 11.7 Å². The quantitative estimate of drug-likeness (QED) is 0.743. The number of hydrogen-bond donors (Lipinski definition) is 2. The number of nitrogens with zero attached hydrogens (tertiary/aromatic N) is 1. The molecule has 0 aliphatic rings. The van der Waals surface area contributed by atoms with Crippen LogP contribution in [0.25, 0.3) is 0 Å². The Labute approximate surface area is 79.8 Å². The van der Waals surface area contributed by atoms with Crippen molar-refractivity contribution in [3.63, 3.8) is 0 Å². The SMILES string of the molecule is Cc1nc(CCC(C)C)c(CN)[nH]1. The number of imidazole rings is 1. The lowest BCUT2D eigenvalue weighted by molar-refractivity contribution is 0.580. The van der Waals surface area contributed by atoms with Gasteiger partial charge in [0.1, 0.15) is 5.82 Å². The summed E-state index contributed by atoms with van der Waals surface area (Å²) >= 11 is 0. The fraction of sp³-hybridized carbons (Fsp3) is 0.700. The number of rotatable bonds is 4. The third kappa shape index (κ3) is 2.84. The van der Waals surface area contributed by atoms with E-state index in [4.69, 9.17) is 5.73 Å². The summed E-state index contributed by atoms with van der Waals surface area (Å²) in [4.78, 5) is 7.60. The van der Waals surface area contributed by atoms with Gasteiger partial charge >= 0.3 is 0 Å². The van der Waals surface area contributed by atoms with Crippen LogP contribution in [0.4, 0.5) is 0 Å². The lowest BCUT2D eigenvalue weighted by Crippen LogP contribution is -2.02. The molecule has 3 nitrogen and oxygen atoms in total. The summed E-state index contributed by atoms with van der Waals surface area (Å²) in [5, 5.41) is 0. The van der Waals surface area contributed by atoms with Gasteiger partial charge in [0.2, 0.25) is 0 Å². The van der Waals surface area contributed by atoms with Crippen molar-refractivity contribution in [2.45, 2.75) is 40.2 Å². The second kappa shape index (κ2) is 4.42. The second-order valence-corrected chi connectivity index (χ2v) is 3.88. The highest BCUT2D eigenvalue weighted by Crippen LogP contribution is 2.11. The summed E-state index contributed by atoms with van der Waals surface area (Å²) in [7, 11) is 0. The molecule has 0 aliphatic heterocycles. The van der Waals surface area contributed by atoms with Crippen molar-refractivity contribution in [1.82, 2.24) is 9.97 Å². The molecular formula is C10H19N3. The van der Waals surface area contributed by atoms with E-state index in [9.17, 15) is 0 Å². The van der Waals surface area contributed by atoms with Crippen molar-refractivity contribution in [1.29, 1.82) is 0 Å². The summed E-state index contributed by atoms with van der Waals surface area (Å²) in [5.74, 6) is 1.70. The van der Waals surface area contributed by atoms with E-state index in [-0.39, 0.29) is 0 Å². The number of H-pyrrole nitrogens is 1. The van der Waals surface area contributed by atoms with Gasteiger partial charge in [-0.3, -0.25) is 0 Å². The highest BCUT2D eigenvalue weighted by Gasteiger charge is 2.06. The number of hydrogen-bond acceptors (Lipinski definition) is 2. The molecule has 0 atom stereocenters. The average molecular weight is 181 g/mol. The summed E-state index contributed by atoms with van der Waals surface area (Å²) < 4.78 is 0. The van der Waals surface area contributed by atoms with E-state index >= 15 is 0 Å². The molecule has 0 spiro atoms. The van der Waals surface area contributed by atoms with Gasteiger partial charge in [0.15, 0.2) is 0 Å². The van der Waals surface area contributed by atoms with Gasteiger partial charge in [0.25, 0.3) is 0 Å². The normalized spacial score (nSPS) is 11.2. The zero-order valence-electron chi connectivity index (χ0n) is 8.72. The maximum absolute atomic E-state index is 5.60. The van der Waals surface area contributed by atoms with E-state index in [2.05, 4.69) is 23.8 Å². The van der Waals surface area contributed by atoms with Crippen LogP contribution in [0.1, 0.15) is 37.5 Å². The van der Waals surface area contributed by atoms with Crippen molar-refractivity contribution in [2.75, 3.05) is 0 Å². The van der Waals surface area contributed by atoms with E-state index in [0.717, 1.165) is 29.6 Å². The van der Waals surface area contributed by atoms with Gasteiger partial charge < -0.3 is 10.7 Å². The largest absolute Gasteiger partial charge is 0.345 e. The third-order valence-corrected chi connectivity index (χ3v) is 2.15. The maximum Gasteiger partial charge on any atom is 0.103 e. The first kappa shape index (κ1) is 10.3. The molecule has 3 N–H and O–H groups in total. The minimum Gasteiger partial charge on any atom is -0.345 e. The summed E-state index contributed by atoms with van der Waals surface area (Å²) in [6, 6.07) is 0. The molecule has 74 valence electrons. The van der Waals surface area contributed by atoms with Crippen LogP contribution >= 0.6 is 0 Å². The van der Waals surface area contributed by atoms with Crippen LogP contribution in [0.5, 0.6) is 0 Å². The van der Waals surface area contributed by atoms with Crippen LogP contribution in [-0.4, -0.2) is 9.97 Å². The van der Waals surface area contributed by atoms with E-state index in [1.54, 1.807) is 0 Å². The zero-order valence-corrected chi connectivity index (χ0v) is 8.72. The Balaban J connectivity index is 2.64. The Bertz CT molecular complexity index is 263. The fourth-order valence-electron chi connectivity index (χ4n) is 1.39. The Morgan fingerprint density at radius 3 is 2.69 bits per heavy atom. The van der Waals surface area contributed by atoms with Crippen molar-refractivity contribution < 1.29 is 0 Å². The lowest BCUT2D eigenvalue weighted by Gasteiger charge is -2.03. The monoisotopic (exact) mass is 181 g/mol. The van der Waals surface area contributed by atoms with Gasteiger partial charge in [0, 0.05) is 6.54 Å². The molecule has 0 saturated carbocycles. The topological polar surface area (TPSA) is 54.7 Å². The van der Waals surface area contributed by atoms with Crippen molar-refractivity contribution >= 4 is 0 Å². The van der Waals surface area contributed by atoms with Crippen LogP contribution < -0.4 is 5.73 Å². The van der Waals surface area contributed by atoms with Crippen LogP contribution in [0.3, 0.4) is 0 Å².